The van der Waals surface area contributed by atoms with Gasteiger partial charge in [0.2, 0.25) is 0 Å². The van der Waals surface area contributed by atoms with Gasteiger partial charge in [-0.15, -0.1) is 11.3 Å². The van der Waals surface area contributed by atoms with Crippen LogP contribution in [0.5, 0.6) is 5.75 Å². The maximum Gasteiger partial charge on any atom is 0.338 e. The molecule has 1 aliphatic heterocycles. The minimum Gasteiger partial charge on any atom is -0.492 e. The average Bonchev–Trinajstić information content (AvgIpc) is 3.31. The minimum absolute atomic E-state index is 0.155. The van der Waals surface area contributed by atoms with E-state index in [0.29, 0.717) is 18.8 Å². The van der Waals surface area contributed by atoms with Crippen molar-refractivity contribution < 1.29 is 14.3 Å². The van der Waals surface area contributed by atoms with E-state index in [9.17, 15) is 4.79 Å². The molecule has 1 aromatic heterocycles. The van der Waals surface area contributed by atoms with Crippen LogP contribution in [0.25, 0.3) is 5.57 Å². The zero-order chi connectivity index (χ0) is 21.9. The predicted molar refractivity (Wildman–Crippen MR) is 124 cm³/mol. The van der Waals surface area contributed by atoms with Crippen LogP contribution in [0.3, 0.4) is 0 Å². The molecule has 0 saturated carbocycles. The SMILES string of the molecule is C=C(C(=O)OCC)c1csc(C2(C)COc3cc4c(cc32)C(C)(C)CCC4(C)C)c1. The topological polar surface area (TPSA) is 35.5 Å². The van der Waals surface area contributed by atoms with E-state index < -0.39 is 0 Å². The molecule has 3 nitrogen and oxygen atoms in total. The van der Waals surface area contributed by atoms with Gasteiger partial charge < -0.3 is 9.47 Å². The Balaban J connectivity index is 1.76. The van der Waals surface area contributed by atoms with Crippen molar-refractivity contribution in [2.75, 3.05) is 13.2 Å². The number of hydrogen-bond donors (Lipinski definition) is 0. The molecular weight excluding hydrogens is 392 g/mol. The lowest BCUT2D eigenvalue weighted by Gasteiger charge is -2.42. The van der Waals surface area contributed by atoms with Crippen LogP contribution in [0.4, 0.5) is 0 Å². The Morgan fingerprint density at radius 2 is 1.70 bits per heavy atom. The van der Waals surface area contributed by atoms with E-state index in [1.807, 2.05) is 12.3 Å². The lowest BCUT2D eigenvalue weighted by Crippen LogP contribution is -2.34. The van der Waals surface area contributed by atoms with E-state index >= 15 is 0 Å². The van der Waals surface area contributed by atoms with Crippen LogP contribution < -0.4 is 4.74 Å². The summed E-state index contributed by atoms with van der Waals surface area (Å²) in [5.74, 6) is 0.648. The zero-order valence-corrected chi connectivity index (χ0v) is 19.8. The minimum atomic E-state index is -0.354. The Morgan fingerprint density at radius 1 is 1.07 bits per heavy atom. The fourth-order valence-electron chi connectivity index (χ4n) is 4.77. The van der Waals surface area contributed by atoms with Crippen LogP contribution in [-0.4, -0.2) is 19.2 Å². The lowest BCUT2D eigenvalue weighted by molar-refractivity contribution is -0.136. The van der Waals surface area contributed by atoms with Gasteiger partial charge in [0.1, 0.15) is 12.4 Å². The highest BCUT2D eigenvalue weighted by Gasteiger charge is 2.44. The second-order valence-electron chi connectivity index (χ2n) is 10.2. The molecule has 30 heavy (non-hydrogen) atoms. The van der Waals surface area contributed by atoms with Crippen molar-refractivity contribution in [3.8, 4) is 5.75 Å². The van der Waals surface area contributed by atoms with Crippen molar-refractivity contribution in [2.45, 2.75) is 70.6 Å². The van der Waals surface area contributed by atoms with E-state index in [-0.39, 0.29) is 22.2 Å². The van der Waals surface area contributed by atoms with Crippen molar-refractivity contribution in [2.24, 2.45) is 0 Å². The van der Waals surface area contributed by atoms with Gasteiger partial charge in [-0.25, -0.2) is 4.79 Å². The molecule has 0 radical (unpaired) electrons. The fourth-order valence-corrected chi connectivity index (χ4v) is 5.86. The third-order valence-corrected chi connectivity index (χ3v) is 8.27. The first-order chi connectivity index (χ1) is 14.0. The van der Waals surface area contributed by atoms with Gasteiger partial charge in [0.05, 0.1) is 17.6 Å². The number of benzene rings is 1. The number of rotatable bonds is 4. The van der Waals surface area contributed by atoms with E-state index in [0.717, 1.165) is 11.3 Å². The van der Waals surface area contributed by atoms with Crippen LogP contribution in [0.2, 0.25) is 0 Å². The summed E-state index contributed by atoms with van der Waals surface area (Å²) in [4.78, 5) is 13.3. The summed E-state index contributed by atoms with van der Waals surface area (Å²) < 4.78 is 11.4. The molecule has 0 N–H and O–H groups in total. The third-order valence-electron chi connectivity index (χ3n) is 7.08. The smallest absolute Gasteiger partial charge is 0.338 e. The highest BCUT2D eigenvalue weighted by Crippen LogP contribution is 2.52. The van der Waals surface area contributed by atoms with Gasteiger partial charge >= 0.3 is 5.97 Å². The molecule has 4 rings (SSSR count). The number of thiophene rings is 1. The molecule has 2 aromatic rings. The number of hydrogen-bond acceptors (Lipinski definition) is 4. The van der Waals surface area contributed by atoms with Gasteiger partial charge in [-0.2, -0.15) is 0 Å². The molecule has 1 aliphatic carbocycles. The molecule has 1 atom stereocenters. The van der Waals surface area contributed by atoms with Gasteiger partial charge in [0.15, 0.2) is 0 Å². The molecule has 1 unspecified atom stereocenters. The van der Waals surface area contributed by atoms with Crippen molar-refractivity contribution >= 4 is 22.9 Å². The molecule has 160 valence electrons. The molecule has 0 spiro atoms. The van der Waals surface area contributed by atoms with E-state index in [2.05, 4.69) is 59.4 Å². The summed E-state index contributed by atoms with van der Waals surface area (Å²) in [5.41, 5.74) is 5.45. The van der Waals surface area contributed by atoms with E-state index in [1.165, 1.54) is 34.4 Å². The zero-order valence-electron chi connectivity index (χ0n) is 19.0. The number of carbonyl (C=O) groups excluding carboxylic acids is 1. The Hall–Kier alpha value is -2.07. The Bertz CT molecular complexity index is 1030. The maximum atomic E-state index is 12.1. The summed E-state index contributed by atoms with van der Waals surface area (Å²) in [6.45, 7) is 18.3. The molecule has 0 saturated heterocycles. The molecule has 2 aliphatic rings. The van der Waals surface area contributed by atoms with Crippen molar-refractivity contribution in [1.82, 2.24) is 0 Å². The fraction of sp³-hybridized carbons (Fsp3) is 0.500. The lowest BCUT2D eigenvalue weighted by atomic mass is 9.62. The largest absolute Gasteiger partial charge is 0.492 e. The third kappa shape index (κ3) is 3.20. The van der Waals surface area contributed by atoms with E-state index in [4.69, 9.17) is 9.47 Å². The normalized spacial score (nSPS) is 23.3. The van der Waals surface area contributed by atoms with Crippen LogP contribution in [0.1, 0.15) is 81.5 Å². The van der Waals surface area contributed by atoms with Crippen LogP contribution >= 0.6 is 11.3 Å². The summed E-state index contributed by atoms with van der Waals surface area (Å²) in [5, 5.41) is 2.00. The molecule has 2 heterocycles. The molecule has 0 bridgehead atoms. The number of carbonyl (C=O) groups is 1. The summed E-state index contributed by atoms with van der Waals surface area (Å²) >= 11 is 1.66. The highest BCUT2D eigenvalue weighted by atomic mass is 32.1. The number of ether oxygens (including phenoxy) is 2. The molecular formula is C26H32O3S. The Labute approximate surface area is 184 Å². The summed E-state index contributed by atoms with van der Waals surface area (Å²) in [6, 6.07) is 6.78. The van der Waals surface area contributed by atoms with Crippen LogP contribution in [-0.2, 0) is 25.8 Å². The first-order valence-corrected chi connectivity index (χ1v) is 11.7. The summed E-state index contributed by atoms with van der Waals surface area (Å²) in [7, 11) is 0. The average molecular weight is 425 g/mol. The molecule has 1 aromatic carbocycles. The molecule has 0 fully saturated rings. The number of fused-ring (bicyclic) bond motifs is 2. The summed E-state index contributed by atoms with van der Waals surface area (Å²) in [6.07, 6.45) is 2.37. The maximum absolute atomic E-state index is 12.1. The van der Waals surface area contributed by atoms with Gasteiger partial charge in [-0.05, 0) is 71.7 Å². The Kier molecular flexibility index (Phi) is 4.93. The second kappa shape index (κ2) is 6.98. The predicted octanol–water partition coefficient (Wildman–Crippen LogP) is 6.37. The van der Waals surface area contributed by atoms with Crippen molar-refractivity contribution in [1.29, 1.82) is 0 Å². The van der Waals surface area contributed by atoms with Crippen molar-refractivity contribution in [3.05, 3.63) is 57.3 Å². The highest BCUT2D eigenvalue weighted by molar-refractivity contribution is 7.10. The van der Waals surface area contributed by atoms with Crippen LogP contribution in [0.15, 0.2) is 30.2 Å². The quantitative estimate of drug-likeness (QED) is 0.422. The van der Waals surface area contributed by atoms with Crippen LogP contribution in [0, 0.1) is 0 Å². The van der Waals surface area contributed by atoms with Gasteiger partial charge in [-0.1, -0.05) is 40.3 Å². The van der Waals surface area contributed by atoms with E-state index in [1.54, 1.807) is 11.3 Å². The number of esters is 1. The Morgan fingerprint density at radius 3 is 2.33 bits per heavy atom. The molecule has 4 heteroatoms. The van der Waals surface area contributed by atoms with Gasteiger partial charge in [-0.3, -0.25) is 0 Å². The standard InChI is InChI=1S/C26H32O3S/c1-8-28-23(27)16(2)17-11-22(30-14-17)26(7)15-29-21-13-19-18(12-20(21)26)24(3,4)9-10-25(19,5)6/h11-14H,2,8-10,15H2,1,3-7H3. The second-order valence-corrected chi connectivity index (χ2v) is 11.1. The van der Waals surface area contributed by atoms with Crippen molar-refractivity contribution in [3.63, 3.8) is 0 Å². The first kappa shape index (κ1) is 21.2. The van der Waals surface area contributed by atoms with Gasteiger partial charge in [0.25, 0.3) is 0 Å². The molecule has 0 amide bonds. The monoisotopic (exact) mass is 424 g/mol. The first-order valence-electron chi connectivity index (χ1n) is 10.8. The van der Waals surface area contributed by atoms with Gasteiger partial charge in [0, 0.05) is 10.4 Å².